The maximum Gasteiger partial charge on any atom is 0.326 e. The summed E-state index contributed by atoms with van der Waals surface area (Å²) in [6, 6.07) is -1.59. The number of rotatable bonds is 12. The monoisotopic (exact) mass is 341 g/mol. The molecule has 0 aromatic heterocycles. The van der Waals surface area contributed by atoms with Crippen LogP contribution in [-0.4, -0.2) is 47.3 Å². The van der Waals surface area contributed by atoms with Gasteiger partial charge in [-0.25, -0.2) is 4.79 Å². The maximum absolute atomic E-state index is 11.7. The van der Waals surface area contributed by atoms with Crippen LogP contribution in [0.5, 0.6) is 0 Å². The predicted molar refractivity (Wildman–Crippen MR) is 89.1 cm³/mol. The Balaban J connectivity index is 4.01. The molecule has 0 aromatic carbocycles. The largest absolute Gasteiger partial charge is 0.480 e. The lowest BCUT2D eigenvalue weighted by molar-refractivity contribution is -0.141. The number of nitrogens with two attached hydrogens (primary N) is 1. The van der Waals surface area contributed by atoms with Crippen LogP contribution in [0.1, 0.15) is 46.0 Å². The molecule has 0 aliphatic heterocycles. The number of carboxylic acid groups (broad SMARTS) is 1. The summed E-state index contributed by atoms with van der Waals surface area (Å²) in [5.74, 6) is -2.10. The molecule has 0 saturated heterocycles. The number of aliphatic carboxylic acids is 1. The van der Waals surface area contributed by atoms with Crippen molar-refractivity contribution in [3.63, 3.8) is 0 Å². The number of nitrogens with one attached hydrogen (secondary N) is 2. The maximum atomic E-state index is 11.7. The molecule has 0 radical (unpaired) electrons. The van der Waals surface area contributed by atoms with E-state index in [9.17, 15) is 19.2 Å². The summed E-state index contributed by atoms with van der Waals surface area (Å²) in [4.78, 5) is 45.2. The van der Waals surface area contributed by atoms with Crippen molar-refractivity contribution in [1.82, 2.24) is 10.6 Å². The number of hydrogen-bond donors (Lipinski definition) is 4. The summed E-state index contributed by atoms with van der Waals surface area (Å²) in [5, 5.41) is 14.0. The fraction of sp³-hybridized carbons (Fsp3) is 0.625. The van der Waals surface area contributed by atoms with Crippen molar-refractivity contribution in [2.75, 3.05) is 6.54 Å². The van der Waals surface area contributed by atoms with Gasteiger partial charge in [-0.15, -0.1) is 0 Å². The fourth-order valence-corrected chi connectivity index (χ4v) is 1.82. The number of carbonyl (C=O) groups is 4. The van der Waals surface area contributed by atoms with Crippen LogP contribution in [0.25, 0.3) is 0 Å². The first-order valence-electron chi connectivity index (χ1n) is 7.87. The molecule has 0 saturated carbocycles. The highest BCUT2D eigenvalue weighted by molar-refractivity contribution is 5.95. The Morgan fingerprint density at radius 2 is 1.75 bits per heavy atom. The summed E-state index contributed by atoms with van der Waals surface area (Å²) >= 11 is 0. The Labute approximate surface area is 141 Å². The second-order valence-corrected chi connectivity index (χ2v) is 5.75. The number of carbonyl (C=O) groups excluding carboxylic acids is 3. The van der Waals surface area contributed by atoms with E-state index >= 15 is 0 Å². The Morgan fingerprint density at radius 3 is 2.25 bits per heavy atom. The van der Waals surface area contributed by atoms with E-state index in [1.807, 2.05) is 0 Å². The van der Waals surface area contributed by atoms with E-state index in [2.05, 4.69) is 17.2 Å². The minimum Gasteiger partial charge on any atom is -0.480 e. The molecule has 0 rings (SSSR count). The zero-order valence-corrected chi connectivity index (χ0v) is 14.3. The van der Waals surface area contributed by atoms with Gasteiger partial charge < -0.3 is 21.5 Å². The highest BCUT2D eigenvalue weighted by Gasteiger charge is 2.21. The number of ketones is 1. The molecule has 0 fully saturated rings. The third-order valence-electron chi connectivity index (χ3n) is 3.44. The lowest BCUT2D eigenvalue weighted by Crippen LogP contribution is -2.41. The highest BCUT2D eigenvalue weighted by Crippen LogP contribution is 2.02. The fourth-order valence-electron chi connectivity index (χ4n) is 1.82. The molecule has 8 nitrogen and oxygen atoms in total. The quantitative estimate of drug-likeness (QED) is 0.294. The van der Waals surface area contributed by atoms with Crippen molar-refractivity contribution in [2.24, 2.45) is 5.73 Å². The molecule has 2 amide bonds. The van der Waals surface area contributed by atoms with Gasteiger partial charge in [-0.2, -0.15) is 0 Å². The Kier molecular flexibility index (Phi) is 10.3. The zero-order valence-electron chi connectivity index (χ0n) is 14.3. The lowest BCUT2D eigenvalue weighted by atomic mass is 10.1. The van der Waals surface area contributed by atoms with E-state index in [1.165, 1.54) is 13.8 Å². The summed E-state index contributed by atoms with van der Waals surface area (Å²) in [6.07, 6.45) is 1.95. The first kappa shape index (κ1) is 21.8. The first-order chi connectivity index (χ1) is 11.1. The molecule has 2 atom stereocenters. The van der Waals surface area contributed by atoms with Gasteiger partial charge in [0.15, 0.2) is 0 Å². The summed E-state index contributed by atoms with van der Waals surface area (Å²) in [6.45, 7) is 6.77. The SMILES string of the molecule is C=C(C)C(=O)N[C@@H](CCC(=O)NCCCC[C@H](N)C(C)=O)C(=O)O. The van der Waals surface area contributed by atoms with Gasteiger partial charge in [0.05, 0.1) is 6.04 Å². The van der Waals surface area contributed by atoms with Gasteiger partial charge in [0.1, 0.15) is 11.8 Å². The molecule has 24 heavy (non-hydrogen) atoms. The molecule has 0 spiro atoms. The average molecular weight is 341 g/mol. The smallest absolute Gasteiger partial charge is 0.326 e. The average Bonchev–Trinajstić information content (AvgIpc) is 2.49. The molecule has 8 heteroatoms. The van der Waals surface area contributed by atoms with Crippen LogP contribution in [0.2, 0.25) is 0 Å². The molecule has 5 N–H and O–H groups in total. The normalized spacial score (nSPS) is 12.8. The number of hydrogen-bond acceptors (Lipinski definition) is 5. The number of unbranched alkanes of at least 4 members (excludes halogenated alkanes) is 1. The number of amides is 2. The Morgan fingerprint density at radius 1 is 1.12 bits per heavy atom. The van der Waals surface area contributed by atoms with Crippen LogP contribution in [0.4, 0.5) is 0 Å². The standard InChI is InChI=1S/C16H27N3O5/c1-10(2)15(22)19-13(16(23)24)7-8-14(21)18-9-5-4-6-12(17)11(3)20/h12-13H,1,4-9,17H2,2-3H3,(H,18,21)(H,19,22)(H,23,24)/t12-,13-/m0/s1. The van der Waals surface area contributed by atoms with E-state index in [4.69, 9.17) is 10.8 Å². The second kappa shape index (κ2) is 11.3. The molecular formula is C16H27N3O5. The number of Topliss-reactive ketones (excluding diaryl/α,β-unsaturated/α-hetero) is 1. The zero-order chi connectivity index (χ0) is 18.7. The Hall–Kier alpha value is -2.22. The van der Waals surface area contributed by atoms with E-state index in [1.54, 1.807) is 0 Å². The van der Waals surface area contributed by atoms with E-state index in [0.717, 1.165) is 0 Å². The molecule has 0 aliphatic rings. The third kappa shape index (κ3) is 9.73. The van der Waals surface area contributed by atoms with Crippen molar-refractivity contribution in [3.8, 4) is 0 Å². The molecule has 0 heterocycles. The molecule has 136 valence electrons. The summed E-state index contributed by atoms with van der Waals surface area (Å²) in [5.41, 5.74) is 5.80. The molecular weight excluding hydrogens is 314 g/mol. The van der Waals surface area contributed by atoms with Crippen LogP contribution in [0.15, 0.2) is 12.2 Å². The van der Waals surface area contributed by atoms with Gasteiger partial charge in [-0.05, 0) is 39.5 Å². The molecule has 0 unspecified atom stereocenters. The van der Waals surface area contributed by atoms with Crippen molar-refractivity contribution < 1.29 is 24.3 Å². The van der Waals surface area contributed by atoms with Crippen molar-refractivity contribution in [1.29, 1.82) is 0 Å². The Bertz CT molecular complexity index is 490. The van der Waals surface area contributed by atoms with Crippen LogP contribution >= 0.6 is 0 Å². The first-order valence-corrected chi connectivity index (χ1v) is 7.87. The van der Waals surface area contributed by atoms with Gasteiger partial charge in [0.25, 0.3) is 0 Å². The van der Waals surface area contributed by atoms with Gasteiger partial charge in [0.2, 0.25) is 11.8 Å². The van der Waals surface area contributed by atoms with Crippen molar-refractivity contribution in [2.45, 2.75) is 58.0 Å². The van der Waals surface area contributed by atoms with Crippen LogP contribution in [0.3, 0.4) is 0 Å². The topological polar surface area (TPSA) is 139 Å². The van der Waals surface area contributed by atoms with E-state index in [0.29, 0.717) is 25.8 Å². The van der Waals surface area contributed by atoms with Crippen LogP contribution < -0.4 is 16.4 Å². The highest BCUT2D eigenvalue weighted by atomic mass is 16.4. The van der Waals surface area contributed by atoms with Crippen molar-refractivity contribution >= 4 is 23.6 Å². The van der Waals surface area contributed by atoms with Gasteiger partial charge in [-0.1, -0.05) is 6.58 Å². The van der Waals surface area contributed by atoms with E-state index < -0.39 is 24.0 Å². The molecule has 0 bridgehead atoms. The summed E-state index contributed by atoms with van der Waals surface area (Å²) in [7, 11) is 0. The lowest BCUT2D eigenvalue weighted by Gasteiger charge is -2.14. The van der Waals surface area contributed by atoms with Crippen LogP contribution in [-0.2, 0) is 19.2 Å². The summed E-state index contributed by atoms with van der Waals surface area (Å²) < 4.78 is 0. The minimum atomic E-state index is -1.20. The van der Waals surface area contributed by atoms with Crippen molar-refractivity contribution in [3.05, 3.63) is 12.2 Å². The predicted octanol–water partition coefficient (Wildman–Crippen LogP) is 0.115. The van der Waals surface area contributed by atoms with Crippen LogP contribution in [0, 0.1) is 0 Å². The number of carboxylic acids is 1. The van der Waals surface area contributed by atoms with Gasteiger partial charge >= 0.3 is 5.97 Å². The second-order valence-electron chi connectivity index (χ2n) is 5.75. The van der Waals surface area contributed by atoms with Gasteiger partial charge in [-0.3, -0.25) is 14.4 Å². The third-order valence-corrected chi connectivity index (χ3v) is 3.44. The molecule has 0 aliphatic carbocycles. The van der Waals surface area contributed by atoms with E-state index in [-0.39, 0.29) is 30.1 Å². The minimum absolute atomic E-state index is 0.00457. The molecule has 0 aromatic rings. The van der Waals surface area contributed by atoms with Gasteiger partial charge in [0, 0.05) is 18.5 Å².